The zero-order valence-electron chi connectivity index (χ0n) is 15.5. The third-order valence-electron chi connectivity index (χ3n) is 4.22. The lowest BCUT2D eigenvalue weighted by atomic mass is 10.1. The molecule has 26 heavy (non-hydrogen) atoms. The molecule has 0 unspecified atom stereocenters. The van der Waals surface area contributed by atoms with Gasteiger partial charge < -0.3 is 10.6 Å². The van der Waals surface area contributed by atoms with Gasteiger partial charge in [0.05, 0.1) is 0 Å². The number of aryl methyl sites for hydroxylation is 3. The third kappa shape index (κ3) is 5.59. The molecule has 0 radical (unpaired) electrons. The molecule has 0 fully saturated rings. The van der Waals surface area contributed by atoms with Gasteiger partial charge in [-0.3, -0.25) is 0 Å². The Morgan fingerprint density at radius 1 is 0.808 bits per heavy atom. The lowest BCUT2D eigenvalue weighted by molar-refractivity contribution is 0.857. The van der Waals surface area contributed by atoms with Gasteiger partial charge in [-0.15, -0.1) is 0 Å². The van der Waals surface area contributed by atoms with E-state index in [9.17, 15) is 0 Å². The van der Waals surface area contributed by atoms with Gasteiger partial charge in [0.25, 0.3) is 0 Å². The summed E-state index contributed by atoms with van der Waals surface area (Å²) in [6, 6.07) is 21.0. The van der Waals surface area contributed by atoms with Crippen LogP contribution in [-0.4, -0.2) is 16.5 Å². The van der Waals surface area contributed by atoms with Crippen LogP contribution in [0.25, 0.3) is 0 Å². The Hall–Kier alpha value is -2.88. The van der Waals surface area contributed by atoms with Crippen molar-refractivity contribution in [2.45, 2.75) is 33.2 Å². The van der Waals surface area contributed by atoms with E-state index in [1.54, 1.807) is 0 Å². The normalized spacial score (nSPS) is 10.5. The molecule has 4 nitrogen and oxygen atoms in total. The van der Waals surface area contributed by atoms with Crippen LogP contribution >= 0.6 is 0 Å². The van der Waals surface area contributed by atoms with E-state index in [2.05, 4.69) is 82.1 Å². The van der Waals surface area contributed by atoms with E-state index < -0.39 is 0 Å². The van der Waals surface area contributed by atoms with Gasteiger partial charge in [0.1, 0.15) is 5.82 Å². The molecule has 0 aliphatic rings. The van der Waals surface area contributed by atoms with E-state index in [1.165, 1.54) is 16.7 Å². The van der Waals surface area contributed by atoms with Crippen LogP contribution in [0.2, 0.25) is 0 Å². The summed E-state index contributed by atoms with van der Waals surface area (Å²) in [4.78, 5) is 9.06. The minimum Gasteiger partial charge on any atom is -0.370 e. The van der Waals surface area contributed by atoms with Crippen molar-refractivity contribution in [2.75, 3.05) is 17.2 Å². The van der Waals surface area contributed by atoms with Gasteiger partial charge in [-0.1, -0.05) is 60.2 Å². The first kappa shape index (κ1) is 17.9. The van der Waals surface area contributed by atoms with E-state index in [0.29, 0.717) is 5.95 Å². The van der Waals surface area contributed by atoms with Crippen LogP contribution < -0.4 is 10.6 Å². The van der Waals surface area contributed by atoms with E-state index in [-0.39, 0.29) is 0 Å². The number of benzene rings is 2. The first-order valence-corrected chi connectivity index (χ1v) is 9.12. The van der Waals surface area contributed by atoms with Crippen molar-refractivity contribution in [3.8, 4) is 0 Å². The number of nitrogens with one attached hydrogen (secondary N) is 2. The molecule has 0 aliphatic carbocycles. The van der Waals surface area contributed by atoms with Gasteiger partial charge in [0.15, 0.2) is 0 Å². The molecule has 2 aromatic carbocycles. The van der Waals surface area contributed by atoms with E-state index in [4.69, 9.17) is 0 Å². The van der Waals surface area contributed by atoms with E-state index in [0.717, 1.165) is 37.4 Å². The predicted octanol–water partition coefficient (Wildman–Crippen LogP) is 4.75. The highest BCUT2D eigenvalue weighted by Crippen LogP contribution is 2.12. The second kappa shape index (κ2) is 8.99. The second-order valence-electron chi connectivity index (χ2n) is 6.57. The van der Waals surface area contributed by atoms with Crippen molar-refractivity contribution in [1.29, 1.82) is 0 Å². The van der Waals surface area contributed by atoms with Crippen molar-refractivity contribution in [2.24, 2.45) is 0 Å². The van der Waals surface area contributed by atoms with Crippen molar-refractivity contribution in [3.63, 3.8) is 0 Å². The monoisotopic (exact) mass is 346 g/mol. The van der Waals surface area contributed by atoms with Gasteiger partial charge in [0.2, 0.25) is 5.95 Å². The van der Waals surface area contributed by atoms with Crippen LogP contribution in [0.1, 0.15) is 28.8 Å². The molecule has 0 bridgehead atoms. The van der Waals surface area contributed by atoms with Crippen LogP contribution in [0.3, 0.4) is 0 Å². The van der Waals surface area contributed by atoms with Gasteiger partial charge in [-0.25, -0.2) is 4.98 Å². The third-order valence-corrected chi connectivity index (χ3v) is 4.22. The Morgan fingerprint density at radius 2 is 1.58 bits per heavy atom. The minimum atomic E-state index is 0.663. The number of hydrogen-bond donors (Lipinski definition) is 2. The quantitative estimate of drug-likeness (QED) is 0.578. The number of rotatable bonds is 8. The fraction of sp³-hybridized carbons (Fsp3) is 0.273. The first-order valence-electron chi connectivity index (χ1n) is 9.12. The molecule has 0 saturated carbocycles. The lowest BCUT2D eigenvalue weighted by Crippen LogP contribution is -2.09. The maximum absolute atomic E-state index is 4.58. The SMILES string of the molecule is Cc1ccc(CNc2nc(C)cc(NCCCc3ccccc3)n2)cc1. The molecule has 3 aromatic rings. The number of aromatic nitrogens is 2. The molecule has 0 spiro atoms. The van der Waals surface area contributed by atoms with Crippen molar-refractivity contribution in [3.05, 3.63) is 83.0 Å². The Labute approximate surface area is 155 Å². The number of nitrogens with zero attached hydrogens (tertiary/aromatic N) is 2. The molecule has 134 valence electrons. The second-order valence-corrected chi connectivity index (χ2v) is 6.57. The van der Waals surface area contributed by atoms with Crippen LogP contribution in [0, 0.1) is 13.8 Å². The Kier molecular flexibility index (Phi) is 6.20. The van der Waals surface area contributed by atoms with E-state index >= 15 is 0 Å². The molecule has 2 N–H and O–H groups in total. The molecule has 0 aliphatic heterocycles. The average Bonchev–Trinajstić information content (AvgIpc) is 2.65. The van der Waals surface area contributed by atoms with Crippen molar-refractivity contribution < 1.29 is 0 Å². The first-order chi connectivity index (χ1) is 12.7. The Bertz CT molecular complexity index is 813. The van der Waals surface area contributed by atoms with Gasteiger partial charge in [-0.2, -0.15) is 4.98 Å². The molecule has 3 rings (SSSR count). The summed E-state index contributed by atoms with van der Waals surface area (Å²) in [5.41, 5.74) is 4.81. The summed E-state index contributed by atoms with van der Waals surface area (Å²) in [6.45, 7) is 5.70. The molecule has 0 atom stereocenters. The summed E-state index contributed by atoms with van der Waals surface area (Å²) in [5.74, 6) is 1.54. The lowest BCUT2D eigenvalue weighted by Gasteiger charge is -2.10. The smallest absolute Gasteiger partial charge is 0.225 e. The fourth-order valence-corrected chi connectivity index (χ4v) is 2.78. The summed E-state index contributed by atoms with van der Waals surface area (Å²) in [7, 11) is 0. The molecule has 4 heteroatoms. The maximum atomic E-state index is 4.58. The zero-order valence-corrected chi connectivity index (χ0v) is 15.5. The summed E-state index contributed by atoms with van der Waals surface area (Å²) in [5, 5.41) is 6.73. The largest absolute Gasteiger partial charge is 0.370 e. The Balaban J connectivity index is 1.51. The number of hydrogen-bond acceptors (Lipinski definition) is 4. The predicted molar refractivity (Wildman–Crippen MR) is 109 cm³/mol. The van der Waals surface area contributed by atoms with Gasteiger partial charge in [-0.05, 0) is 37.8 Å². The van der Waals surface area contributed by atoms with Crippen LogP contribution in [-0.2, 0) is 13.0 Å². The molecule has 1 heterocycles. The Morgan fingerprint density at radius 3 is 2.35 bits per heavy atom. The highest BCUT2D eigenvalue weighted by Gasteiger charge is 2.02. The van der Waals surface area contributed by atoms with Crippen molar-refractivity contribution >= 4 is 11.8 Å². The molecule has 1 aromatic heterocycles. The van der Waals surface area contributed by atoms with Crippen LogP contribution in [0.4, 0.5) is 11.8 Å². The maximum Gasteiger partial charge on any atom is 0.225 e. The zero-order chi connectivity index (χ0) is 18.2. The standard InChI is InChI=1S/C22H26N4/c1-17-10-12-20(13-11-17)16-24-22-25-18(2)15-21(26-22)23-14-6-9-19-7-4-3-5-8-19/h3-5,7-8,10-13,15H,6,9,14,16H2,1-2H3,(H2,23,24,25,26). The fourth-order valence-electron chi connectivity index (χ4n) is 2.78. The topological polar surface area (TPSA) is 49.8 Å². The van der Waals surface area contributed by atoms with Crippen LogP contribution in [0.5, 0.6) is 0 Å². The molecular formula is C22H26N4. The van der Waals surface area contributed by atoms with Gasteiger partial charge in [0, 0.05) is 24.8 Å². The van der Waals surface area contributed by atoms with Crippen molar-refractivity contribution in [1.82, 2.24) is 9.97 Å². The minimum absolute atomic E-state index is 0.663. The summed E-state index contributed by atoms with van der Waals surface area (Å²) >= 11 is 0. The molecule has 0 saturated heterocycles. The summed E-state index contributed by atoms with van der Waals surface area (Å²) < 4.78 is 0. The highest BCUT2D eigenvalue weighted by molar-refractivity contribution is 5.42. The van der Waals surface area contributed by atoms with Gasteiger partial charge >= 0.3 is 0 Å². The van der Waals surface area contributed by atoms with E-state index in [1.807, 2.05) is 13.0 Å². The average molecular weight is 346 g/mol. The molecule has 0 amide bonds. The summed E-state index contributed by atoms with van der Waals surface area (Å²) in [6.07, 6.45) is 2.13. The number of anilines is 2. The highest BCUT2D eigenvalue weighted by atomic mass is 15.1. The van der Waals surface area contributed by atoms with Crippen LogP contribution in [0.15, 0.2) is 60.7 Å². The molecular weight excluding hydrogens is 320 g/mol.